The van der Waals surface area contributed by atoms with Crippen LogP contribution in [0.25, 0.3) is 16.8 Å². The third-order valence-corrected chi connectivity index (χ3v) is 2.64. The van der Waals surface area contributed by atoms with Gasteiger partial charge in [-0.3, -0.25) is 0 Å². The smallest absolute Gasteiger partial charge is 0.348 e. The van der Waals surface area contributed by atoms with Crippen LogP contribution < -0.4 is 5.63 Å². The predicted molar refractivity (Wildman–Crippen MR) is 69.8 cm³/mol. The zero-order valence-corrected chi connectivity index (χ0v) is 10.0. The maximum absolute atomic E-state index is 11.7. The standard InChI is InChI=1S/C14H14O4/c1-2-3-4-5-9-8-10-11(15)6-7-12(16)13(10)14(17)18-9/h4-8,15-16H,2-3H2,1H3. The Balaban J connectivity index is 2.62. The Kier molecular flexibility index (Phi) is 3.37. The summed E-state index contributed by atoms with van der Waals surface area (Å²) in [6, 6.07) is 4.15. The number of fused-ring (bicyclic) bond motifs is 1. The number of aromatic hydroxyl groups is 2. The first kappa shape index (κ1) is 12.2. The summed E-state index contributed by atoms with van der Waals surface area (Å²) >= 11 is 0. The van der Waals surface area contributed by atoms with Gasteiger partial charge < -0.3 is 14.6 Å². The molecular weight excluding hydrogens is 232 g/mol. The van der Waals surface area contributed by atoms with E-state index in [1.165, 1.54) is 18.2 Å². The molecule has 0 aliphatic rings. The third-order valence-electron chi connectivity index (χ3n) is 2.64. The molecule has 1 heterocycles. The van der Waals surface area contributed by atoms with Crippen LogP contribution in [0.3, 0.4) is 0 Å². The molecule has 1 aromatic carbocycles. The second-order valence-corrected chi connectivity index (χ2v) is 4.02. The number of allylic oxidation sites excluding steroid dienone is 1. The quantitative estimate of drug-likeness (QED) is 0.816. The Morgan fingerprint density at radius 2 is 2.00 bits per heavy atom. The molecule has 2 aromatic rings. The van der Waals surface area contributed by atoms with Crippen molar-refractivity contribution in [3.05, 3.63) is 40.5 Å². The van der Waals surface area contributed by atoms with Gasteiger partial charge in [-0.05, 0) is 30.7 Å². The predicted octanol–water partition coefficient (Wildman–Crippen LogP) is 3.02. The second kappa shape index (κ2) is 4.96. The normalized spacial score (nSPS) is 11.4. The van der Waals surface area contributed by atoms with Gasteiger partial charge in [0, 0.05) is 5.39 Å². The van der Waals surface area contributed by atoms with E-state index < -0.39 is 5.63 Å². The lowest BCUT2D eigenvalue weighted by Gasteiger charge is -2.03. The molecular formula is C14H14O4. The van der Waals surface area contributed by atoms with Gasteiger partial charge in [0.2, 0.25) is 0 Å². The molecule has 4 heteroatoms. The lowest BCUT2D eigenvalue weighted by molar-refractivity contribution is 0.461. The first-order chi connectivity index (χ1) is 8.63. The van der Waals surface area contributed by atoms with Gasteiger partial charge in [-0.25, -0.2) is 4.79 Å². The summed E-state index contributed by atoms with van der Waals surface area (Å²) in [5.74, 6) is 0.114. The third kappa shape index (κ3) is 2.22. The topological polar surface area (TPSA) is 70.7 Å². The molecule has 0 saturated carbocycles. The molecule has 94 valence electrons. The van der Waals surface area contributed by atoms with Gasteiger partial charge in [-0.15, -0.1) is 0 Å². The van der Waals surface area contributed by atoms with E-state index in [1.54, 1.807) is 6.08 Å². The fourth-order valence-electron chi connectivity index (χ4n) is 1.74. The molecule has 0 radical (unpaired) electrons. The van der Waals surface area contributed by atoms with Crippen LogP contribution in [0.1, 0.15) is 25.5 Å². The van der Waals surface area contributed by atoms with Crippen LogP contribution in [0, 0.1) is 0 Å². The minimum absolute atomic E-state index is 0.00245. The highest BCUT2D eigenvalue weighted by atomic mass is 16.4. The van der Waals surface area contributed by atoms with Crippen LogP contribution >= 0.6 is 0 Å². The van der Waals surface area contributed by atoms with Crippen LogP contribution in [-0.4, -0.2) is 10.2 Å². The van der Waals surface area contributed by atoms with Gasteiger partial charge in [-0.1, -0.05) is 19.4 Å². The average Bonchev–Trinajstić information content (AvgIpc) is 2.34. The molecule has 1 aromatic heterocycles. The van der Waals surface area contributed by atoms with E-state index in [1.807, 2.05) is 13.0 Å². The molecule has 0 atom stereocenters. The Labute approximate surface area is 104 Å². The van der Waals surface area contributed by atoms with Crippen molar-refractivity contribution in [2.45, 2.75) is 19.8 Å². The maximum atomic E-state index is 11.7. The summed E-state index contributed by atoms with van der Waals surface area (Å²) in [6.07, 6.45) is 5.46. The van der Waals surface area contributed by atoms with Gasteiger partial charge in [0.25, 0.3) is 0 Å². The van der Waals surface area contributed by atoms with Crippen LogP contribution in [0.4, 0.5) is 0 Å². The average molecular weight is 246 g/mol. The van der Waals surface area contributed by atoms with Crippen LogP contribution in [0.2, 0.25) is 0 Å². The number of unbranched alkanes of at least 4 members (excludes halogenated alkanes) is 1. The van der Waals surface area contributed by atoms with E-state index in [-0.39, 0.29) is 16.9 Å². The van der Waals surface area contributed by atoms with Crippen molar-refractivity contribution < 1.29 is 14.6 Å². The number of benzene rings is 1. The summed E-state index contributed by atoms with van der Waals surface area (Å²) in [6.45, 7) is 2.05. The minimum atomic E-state index is -0.656. The molecule has 4 nitrogen and oxygen atoms in total. The van der Waals surface area contributed by atoms with E-state index in [4.69, 9.17) is 4.42 Å². The number of phenolic OH excluding ortho intramolecular Hbond substituents is 2. The fourth-order valence-corrected chi connectivity index (χ4v) is 1.74. The largest absolute Gasteiger partial charge is 0.507 e. The highest BCUT2D eigenvalue weighted by molar-refractivity contribution is 5.92. The summed E-state index contributed by atoms with van der Waals surface area (Å²) in [4.78, 5) is 11.7. The van der Waals surface area contributed by atoms with E-state index >= 15 is 0 Å². The van der Waals surface area contributed by atoms with Crippen molar-refractivity contribution in [1.82, 2.24) is 0 Å². The SMILES string of the molecule is CCCC=Cc1cc2c(O)ccc(O)c2c(=O)o1. The molecule has 0 saturated heterocycles. The van der Waals surface area contributed by atoms with Crippen molar-refractivity contribution in [2.75, 3.05) is 0 Å². The summed E-state index contributed by atoms with van der Waals surface area (Å²) in [5, 5.41) is 19.6. The molecule has 0 spiro atoms. The van der Waals surface area contributed by atoms with E-state index in [2.05, 4.69) is 0 Å². The summed E-state index contributed by atoms with van der Waals surface area (Å²) in [5.41, 5.74) is -0.656. The lowest BCUT2D eigenvalue weighted by Crippen LogP contribution is -2.00. The van der Waals surface area contributed by atoms with Crippen molar-refractivity contribution >= 4 is 16.8 Å². The van der Waals surface area contributed by atoms with Crippen molar-refractivity contribution in [3.8, 4) is 11.5 Å². The first-order valence-electron chi connectivity index (χ1n) is 5.78. The van der Waals surface area contributed by atoms with Crippen LogP contribution in [0.5, 0.6) is 11.5 Å². The molecule has 2 rings (SSSR count). The molecule has 0 aliphatic carbocycles. The van der Waals surface area contributed by atoms with E-state index in [0.29, 0.717) is 11.1 Å². The molecule has 0 unspecified atom stereocenters. The fraction of sp³-hybridized carbons (Fsp3) is 0.214. The van der Waals surface area contributed by atoms with E-state index in [9.17, 15) is 15.0 Å². The lowest BCUT2D eigenvalue weighted by atomic mass is 10.1. The van der Waals surface area contributed by atoms with Gasteiger partial charge in [0.05, 0.1) is 0 Å². The summed E-state index contributed by atoms with van der Waals surface area (Å²) in [7, 11) is 0. The number of hydrogen-bond acceptors (Lipinski definition) is 4. The summed E-state index contributed by atoms with van der Waals surface area (Å²) < 4.78 is 5.06. The Morgan fingerprint density at radius 1 is 1.28 bits per heavy atom. The minimum Gasteiger partial charge on any atom is -0.507 e. The first-order valence-corrected chi connectivity index (χ1v) is 5.78. The Morgan fingerprint density at radius 3 is 2.72 bits per heavy atom. The molecule has 18 heavy (non-hydrogen) atoms. The Bertz CT molecular complexity index is 653. The van der Waals surface area contributed by atoms with Gasteiger partial charge in [0.1, 0.15) is 22.6 Å². The van der Waals surface area contributed by atoms with Gasteiger partial charge in [0.15, 0.2) is 0 Å². The highest BCUT2D eigenvalue weighted by Gasteiger charge is 2.11. The zero-order valence-electron chi connectivity index (χ0n) is 10.0. The van der Waals surface area contributed by atoms with Gasteiger partial charge >= 0.3 is 5.63 Å². The maximum Gasteiger partial charge on any atom is 0.348 e. The van der Waals surface area contributed by atoms with Crippen molar-refractivity contribution in [3.63, 3.8) is 0 Å². The second-order valence-electron chi connectivity index (χ2n) is 4.02. The molecule has 0 fully saturated rings. The number of rotatable bonds is 3. The van der Waals surface area contributed by atoms with E-state index in [0.717, 1.165) is 12.8 Å². The van der Waals surface area contributed by atoms with Crippen LogP contribution in [-0.2, 0) is 0 Å². The van der Waals surface area contributed by atoms with Crippen molar-refractivity contribution in [2.24, 2.45) is 0 Å². The van der Waals surface area contributed by atoms with Crippen LogP contribution in [0.15, 0.2) is 33.5 Å². The molecule has 0 amide bonds. The monoisotopic (exact) mass is 246 g/mol. The molecule has 0 aliphatic heterocycles. The molecule has 0 bridgehead atoms. The van der Waals surface area contributed by atoms with Gasteiger partial charge in [-0.2, -0.15) is 0 Å². The van der Waals surface area contributed by atoms with Crippen molar-refractivity contribution in [1.29, 1.82) is 0 Å². The highest BCUT2D eigenvalue weighted by Crippen LogP contribution is 2.29. The Hall–Kier alpha value is -2.23. The zero-order chi connectivity index (χ0) is 13.1. The number of hydrogen-bond donors (Lipinski definition) is 2. The number of phenols is 2. The molecule has 2 N–H and O–H groups in total.